The van der Waals surface area contributed by atoms with Crippen LogP contribution >= 0.6 is 23.1 Å². The van der Waals surface area contributed by atoms with Crippen LogP contribution in [0.3, 0.4) is 0 Å². The summed E-state index contributed by atoms with van der Waals surface area (Å²) in [6, 6.07) is 13.9. The van der Waals surface area contributed by atoms with Gasteiger partial charge in [0.2, 0.25) is 0 Å². The van der Waals surface area contributed by atoms with E-state index in [0.717, 1.165) is 38.0 Å². The van der Waals surface area contributed by atoms with Gasteiger partial charge < -0.3 is 4.52 Å². The zero-order valence-corrected chi connectivity index (χ0v) is 19.6. The number of amides is 1. The normalized spacial score (nSPS) is 11.0. The molecular formula is C24H22FN3O2S2. The average Bonchev–Trinajstić information content (AvgIpc) is 3.28. The standard InChI is InChI=1S/C24H22FN3O2S2/c1-14-20(16(3)30-28-14)13-31-21-7-5-4-6-19(21)23(29)27-24-26-15(2)22(32-24)12-17-8-10-18(25)11-9-17/h4-11H,12-13H2,1-3H3,(H,26,27,29). The van der Waals surface area contributed by atoms with Crippen molar-refractivity contribution < 1.29 is 13.7 Å². The highest BCUT2D eigenvalue weighted by molar-refractivity contribution is 7.98. The monoisotopic (exact) mass is 467 g/mol. The minimum Gasteiger partial charge on any atom is -0.361 e. The Balaban J connectivity index is 1.47. The second kappa shape index (κ2) is 9.67. The lowest BCUT2D eigenvalue weighted by Crippen LogP contribution is -2.12. The first-order valence-electron chi connectivity index (χ1n) is 10.1. The third-order valence-corrected chi connectivity index (χ3v) is 7.25. The smallest absolute Gasteiger partial charge is 0.258 e. The number of aromatic nitrogens is 2. The summed E-state index contributed by atoms with van der Waals surface area (Å²) in [7, 11) is 0. The molecule has 0 spiro atoms. The first-order valence-corrected chi connectivity index (χ1v) is 11.9. The number of anilines is 1. The third kappa shape index (κ3) is 5.08. The number of carbonyl (C=O) groups excluding carboxylic acids is 1. The van der Waals surface area contributed by atoms with Crippen LogP contribution < -0.4 is 5.32 Å². The number of rotatable bonds is 7. The molecule has 2 aromatic carbocycles. The fourth-order valence-corrected chi connectivity index (χ4v) is 5.43. The Morgan fingerprint density at radius 1 is 1.09 bits per heavy atom. The molecule has 4 rings (SSSR count). The highest BCUT2D eigenvalue weighted by Crippen LogP contribution is 2.30. The molecule has 0 aliphatic rings. The second-order valence-corrected chi connectivity index (χ2v) is 9.47. The summed E-state index contributed by atoms with van der Waals surface area (Å²) in [6.07, 6.45) is 0.642. The molecule has 2 aromatic heterocycles. The van der Waals surface area contributed by atoms with E-state index >= 15 is 0 Å². The van der Waals surface area contributed by atoms with Crippen LogP contribution in [0.1, 0.15) is 43.5 Å². The van der Waals surface area contributed by atoms with Crippen LogP contribution in [0.2, 0.25) is 0 Å². The molecule has 2 heterocycles. The predicted octanol–water partition coefficient (Wildman–Crippen LogP) is 6.33. The number of hydrogen-bond donors (Lipinski definition) is 1. The Hall–Kier alpha value is -2.97. The summed E-state index contributed by atoms with van der Waals surface area (Å²) in [5.74, 6) is 1.01. The summed E-state index contributed by atoms with van der Waals surface area (Å²) >= 11 is 3.01. The van der Waals surface area contributed by atoms with Crippen LogP contribution in [0.5, 0.6) is 0 Å². The van der Waals surface area contributed by atoms with Crippen molar-refractivity contribution in [3.05, 3.63) is 93.1 Å². The van der Waals surface area contributed by atoms with Gasteiger partial charge in [0.1, 0.15) is 11.6 Å². The molecule has 0 bridgehead atoms. The van der Waals surface area contributed by atoms with Gasteiger partial charge >= 0.3 is 0 Å². The molecule has 0 aliphatic carbocycles. The summed E-state index contributed by atoms with van der Waals surface area (Å²) < 4.78 is 18.4. The number of nitrogens with one attached hydrogen (secondary N) is 1. The lowest BCUT2D eigenvalue weighted by atomic mass is 10.1. The maximum Gasteiger partial charge on any atom is 0.258 e. The van der Waals surface area contributed by atoms with Crippen LogP contribution in [0.25, 0.3) is 0 Å². The molecule has 8 heteroatoms. The minimum absolute atomic E-state index is 0.200. The number of benzene rings is 2. The Labute approximate surface area is 194 Å². The van der Waals surface area contributed by atoms with E-state index in [-0.39, 0.29) is 11.7 Å². The van der Waals surface area contributed by atoms with Crippen molar-refractivity contribution in [3.8, 4) is 0 Å². The summed E-state index contributed by atoms with van der Waals surface area (Å²) in [5.41, 5.74) is 4.36. The fraction of sp³-hybridized carbons (Fsp3) is 0.208. The van der Waals surface area contributed by atoms with Crippen molar-refractivity contribution in [2.45, 2.75) is 37.8 Å². The van der Waals surface area contributed by atoms with Gasteiger partial charge in [-0.15, -0.1) is 23.1 Å². The molecule has 0 radical (unpaired) electrons. The van der Waals surface area contributed by atoms with E-state index in [1.807, 2.05) is 45.0 Å². The van der Waals surface area contributed by atoms with Crippen molar-refractivity contribution in [1.82, 2.24) is 10.1 Å². The molecule has 32 heavy (non-hydrogen) atoms. The van der Waals surface area contributed by atoms with Crippen molar-refractivity contribution in [3.63, 3.8) is 0 Å². The number of hydrogen-bond acceptors (Lipinski definition) is 6. The zero-order chi connectivity index (χ0) is 22.7. The minimum atomic E-state index is -0.256. The third-order valence-electron chi connectivity index (χ3n) is 5.08. The molecule has 0 unspecified atom stereocenters. The number of nitrogens with zero attached hydrogens (tertiary/aromatic N) is 2. The SMILES string of the molecule is Cc1nc(NC(=O)c2ccccc2SCc2c(C)noc2C)sc1Cc1ccc(F)cc1. The van der Waals surface area contributed by atoms with Gasteiger partial charge in [0.25, 0.3) is 5.91 Å². The number of halogens is 1. The molecule has 1 amide bonds. The molecule has 0 saturated carbocycles. The maximum absolute atomic E-state index is 13.2. The maximum atomic E-state index is 13.2. The van der Waals surface area contributed by atoms with E-state index in [1.165, 1.54) is 23.5 Å². The van der Waals surface area contributed by atoms with Crippen LogP contribution in [0.15, 0.2) is 57.9 Å². The van der Waals surface area contributed by atoms with E-state index in [0.29, 0.717) is 22.9 Å². The zero-order valence-electron chi connectivity index (χ0n) is 17.9. The van der Waals surface area contributed by atoms with Gasteiger partial charge in [0, 0.05) is 27.5 Å². The van der Waals surface area contributed by atoms with E-state index in [1.54, 1.807) is 23.9 Å². The quantitative estimate of drug-likeness (QED) is 0.322. The lowest BCUT2D eigenvalue weighted by molar-refractivity contribution is 0.102. The van der Waals surface area contributed by atoms with Gasteiger partial charge in [-0.1, -0.05) is 29.4 Å². The number of thioether (sulfide) groups is 1. The van der Waals surface area contributed by atoms with Crippen LogP contribution in [-0.4, -0.2) is 16.0 Å². The van der Waals surface area contributed by atoms with Gasteiger partial charge in [0.15, 0.2) is 5.13 Å². The fourth-order valence-electron chi connectivity index (χ4n) is 3.24. The van der Waals surface area contributed by atoms with Gasteiger partial charge in [-0.25, -0.2) is 9.37 Å². The van der Waals surface area contributed by atoms with Gasteiger partial charge in [-0.2, -0.15) is 0 Å². The van der Waals surface area contributed by atoms with Crippen LogP contribution in [-0.2, 0) is 12.2 Å². The number of carbonyl (C=O) groups is 1. The summed E-state index contributed by atoms with van der Waals surface area (Å²) in [6.45, 7) is 5.72. The van der Waals surface area contributed by atoms with E-state index in [9.17, 15) is 9.18 Å². The lowest BCUT2D eigenvalue weighted by Gasteiger charge is -2.08. The molecular weight excluding hydrogens is 445 g/mol. The first-order chi connectivity index (χ1) is 15.4. The second-order valence-electron chi connectivity index (χ2n) is 7.37. The Morgan fingerprint density at radius 2 is 1.84 bits per heavy atom. The largest absolute Gasteiger partial charge is 0.361 e. The Bertz CT molecular complexity index is 1230. The van der Waals surface area contributed by atoms with Crippen molar-refractivity contribution in [2.24, 2.45) is 0 Å². The molecule has 0 aliphatic heterocycles. The number of thiazole rings is 1. The highest BCUT2D eigenvalue weighted by Gasteiger charge is 2.17. The molecule has 0 fully saturated rings. The van der Waals surface area contributed by atoms with Crippen molar-refractivity contribution >= 4 is 34.1 Å². The van der Waals surface area contributed by atoms with Gasteiger partial charge in [0.05, 0.1) is 17.0 Å². The van der Waals surface area contributed by atoms with E-state index in [2.05, 4.69) is 15.5 Å². The molecule has 1 N–H and O–H groups in total. The topological polar surface area (TPSA) is 68.0 Å². The van der Waals surface area contributed by atoms with Gasteiger partial charge in [-0.3, -0.25) is 10.1 Å². The van der Waals surface area contributed by atoms with Crippen molar-refractivity contribution in [2.75, 3.05) is 5.32 Å². The molecule has 0 saturated heterocycles. The van der Waals surface area contributed by atoms with E-state index in [4.69, 9.17) is 4.52 Å². The molecule has 0 atom stereocenters. The van der Waals surface area contributed by atoms with Crippen LogP contribution in [0, 0.1) is 26.6 Å². The van der Waals surface area contributed by atoms with Crippen LogP contribution in [0.4, 0.5) is 9.52 Å². The highest BCUT2D eigenvalue weighted by atomic mass is 32.2. The Morgan fingerprint density at radius 3 is 2.56 bits per heavy atom. The first kappa shape index (κ1) is 22.2. The summed E-state index contributed by atoms with van der Waals surface area (Å²) in [5, 5.41) is 7.48. The number of aryl methyl sites for hydroxylation is 3. The molecule has 164 valence electrons. The van der Waals surface area contributed by atoms with Crippen molar-refractivity contribution in [1.29, 1.82) is 0 Å². The summed E-state index contributed by atoms with van der Waals surface area (Å²) in [4.78, 5) is 19.4. The van der Waals surface area contributed by atoms with Gasteiger partial charge in [-0.05, 0) is 50.6 Å². The molecule has 4 aromatic rings. The predicted molar refractivity (Wildman–Crippen MR) is 126 cm³/mol. The Kier molecular flexibility index (Phi) is 6.72. The van der Waals surface area contributed by atoms with E-state index < -0.39 is 0 Å². The average molecular weight is 468 g/mol. The molecule has 5 nitrogen and oxygen atoms in total.